The molecule has 2 aromatic heterocycles. The van der Waals surface area contributed by atoms with Gasteiger partial charge in [0.1, 0.15) is 0 Å². The van der Waals surface area contributed by atoms with Gasteiger partial charge in [-0.2, -0.15) is 0 Å². The average molecular weight is 800 g/mol. The number of para-hydroxylation sites is 3. The van der Waals surface area contributed by atoms with E-state index in [4.69, 9.17) is 0 Å². The number of benzene rings is 8. The second-order valence-electron chi connectivity index (χ2n) is 16.4. The van der Waals surface area contributed by atoms with Crippen LogP contribution in [-0.4, -0.2) is 9.55 Å². The molecule has 3 heteroatoms. The van der Waals surface area contributed by atoms with Gasteiger partial charge in [0.05, 0.1) is 11.0 Å². The van der Waals surface area contributed by atoms with Gasteiger partial charge in [0.2, 0.25) is 0 Å². The molecular weight excluding hydrogens is 757 g/mol. The highest BCUT2D eigenvalue weighted by atomic mass is 79.9. The summed E-state index contributed by atoms with van der Waals surface area (Å²) in [6.45, 7) is 9.34. The molecule has 0 fully saturated rings. The minimum Gasteiger partial charge on any atom is -0.355 e. The van der Waals surface area contributed by atoms with Crippen molar-refractivity contribution in [2.75, 3.05) is 0 Å². The lowest BCUT2D eigenvalue weighted by Crippen LogP contribution is -2.14. The third-order valence-corrected chi connectivity index (χ3v) is 12.9. The molecule has 0 atom stereocenters. The minimum absolute atomic E-state index is 0.0120. The molecule has 10 aromatic rings. The number of nitrogens with zero attached hydrogens (tertiary/aromatic N) is 1. The Bertz CT molecular complexity index is 3130. The maximum Gasteiger partial charge on any atom is 0.0544 e. The Labute approximate surface area is 342 Å². The van der Waals surface area contributed by atoms with E-state index in [9.17, 15) is 0 Å². The second kappa shape index (κ2) is 13.5. The third kappa shape index (κ3) is 5.67. The van der Waals surface area contributed by atoms with Crippen LogP contribution in [0.25, 0.3) is 71.6 Å². The molecule has 0 radical (unpaired) electrons. The van der Waals surface area contributed by atoms with Crippen LogP contribution >= 0.6 is 15.9 Å². The van der Waals surface area contributed by atoms with Gasteiger partial charge >= 0.3 is 0 Å². The molecule has 2 aliphatic rings. The van der Waals surface area contributed by atoms with Gasteiger partial charge in [0, 0.05) is 53.6 Å². The standard InChI is InChI=1S/C27H21N.C21H17N.C6H5Br/c1-27(2)23-14-8-6-12-19(23)21-16-22-20-13-7-9-15-25(20)28(26(22)17-24(21)27)18-10-4-3-5-11-18;1-21(2)17-9-5-3-7-13(17)15-11-16-14-8-4-6-10-19(14)22-20(16)12-18(15)21;7-6-4-2-1-3-5-6/h3-17H,1-2H3;3-12,22H,1-2H3;1-5H. The lowest BCUT2D eigenvalue weighted by Gasteiger charge is -2.21. The zero-order chi connectivity index (χ0) is 38.9. The van der Waals surface area contributed by atoms with E-state index >= 15 is 0 Å². The van der Waals surface area contributed by atoms with E-state index in [1.165, 1.54) is 93.8 Å². The summed E-state index contributed by atoms with van der Waals surface area (Å²) in [4.78, 5) is 3.57. The summed E-state index contributed by atoms with van der Waals surface area (Å²) in [6.07, 6.45) is 0. The Morgan fingerprint density at radius 3 is 1.53 bits per heavy atom. The third-order valence-electron chi connectivity index (χ3n) is 12.3. The number of nitrogens with one attached hydrogen (secondary N) is 1. The maximum absolute atomic E-state index is 3.57. The van der Waals surface area contributed by atoms with Crippen molar-refractivity contribution in [2.24, 2.45) is 0 Å². The van der Waals surface area contributed by atoms with E-state index < -0.39 is 0 Å². The number of halogens is 1. The number of hydrogen-bond donors (Lipinski definition) is 1. The van der Waals surface area contributed by atoms with E-state index in [0.717, 1.165) is 4.47 Å². The predicted molar refractivity (Wildman–Crippen MR) is 246 cm³/mol. The molecule has 2 aliphatic carbocycles. The fourth-order valence-corrected chi connectivity index (χ4v) is 9.78. The predicted octanol–water partition coefficient (Wildman–Crippen LogP) is 15.2. The molecule has 2 nitrogen and oxygen atoms in total. The first-order valence-corrected chi connectivity index (χ1v) is 20.6. The highest BCUT2D eigenvalue weighted by molar-refractivity contribution is 9.10. The molecule has 0 unspecified atom stereocenters. The molecule has 1 N–H and O–H groups in total. The summed E-state index contributed by atoms with van der Waals surface area (Å²) in [5, 5.41) is 5.27. The van der Waals surface area contributed by atoms with Gasteiger partial charge in [-0.25, -0.2) is 0 Å². The molecular formula is C54H43BrN2. The molecule has 276 valence electrons. The fourth-order valence-electron chi connectivity index (χ4n) is 9.48. The van der Waals surface area contributed by atoms with Crippen LogP contribution in [0.1, 0.15) is 49.9 Å². The summed E-state index contributed by atoms with van der Waals surface area (Å²) < 4.78 is 3.54. The molecule has 2 heterocycles. The normalized spacial score (nSPS) is 14.0. The molecule has 0 saturated heterocycles. The van der Waals surface area contributed by atoms with Crippen molar-refractivity contribution in [3.05, 3.63) is 209 Å². The minimum atomic E-state index is 0.0120. The first-order chi connectivity index (χ1) is 27.7. The average Bonchev–Trinajstić information content (AvgIpc) is 3.91. The summed E-state index contributed by atoms with van der Waals surface area (Å²) in [5.74, 6) is 0. The van der Waals surface area contributed by atoms with Crippen LogP contribution < -0.4 is 0 Å². The van der Waals surface area contributed by atoms with Crippen molar-refractivity contribution in [3.63, 3.8) is 0 Å². The number of hydrogen-bond acceptors (Lipinski definition) is 0. The van der Waals surface area contributed by atoms with Gasteiger partial charge in [-0.3, -0.25) is 0 Å². The summed E-state index contributed by atoms with van der Waals surface area (Å²) in [7, 11) is 0. The lowest BCUT2D eigenvalue weighted by atomic mass is 9.82. The molecule has 0 amide bonds. The Hall–Kier alpha value is -6.16. The van der Waals surface area contributed by atoms with E-state index in [1.54, 1.807) is 0 Å². The molecule has 8 aromatic carbocycles. The zero-order valence-electron chi connectivity index (χ0n) is 32.6. The summed E-state index contributed by atoms with van der Waals surface area (Å²) in [6, 6.07) is 65.2. The Morgan fingerprint density at radius 1 is 0.386 bits per heavy atom. The highest BCUT2D eigenvalue weighted by Gasteiger charge is 2.37. The van der Waals surface area contributed by atoms with Crippen LogP contribution in [0.15, 0.2) is 186 Å². The molecule has 12 rings (SSSR count). The fraction of sp³-hybridized carbons (Fsp3) is 0.111. The van der Waals surface area contributed by atoms with Gasteiger partial charge in [0.25, 0.3) is 0 Å². The van der Waals surface area contributed by atoms with E-state index in [0.29, 0.717) is 0 Å². The van der Waals surface area contributed by atoms with Crippen molar-refractivity contribution in [1.82, 2.24) is 9.55 Å². The number of aromatic nitrogens is 2. The molecule has 0 aliphatic heterocycles. The zero-order valence-corrected chi connectivity index (χ0v) is 34.2. The van der Waals surface area contributed by atoms with Crippen molar-refractivity contribution >= 4 is 59.5 Å². The van der Waals surface area contributed by atoms with Gasteiger partial charge in [0.15, 0.2) is 0 Å². The number of rotatable bonds is 1. The Balaban J connectivity index is 0.000000121. The van der Waals surface area contributed by atoms with E-state index in [2.05, 4.69) is 205 Å². The quantitative estimate of drug-likeness (QED) is 0.171. The first-order valence-electron chi connectivity index (χ1n) is 19.8. The lowest BCUT2D eigenvalue weighted by molar-refractivity contribution is 0.661. The first kappa shape index (κ1) is 35.3. The Kier molecular flexibility index (Phi) is 8.35. The van der Waals surface area contributed by atoms with Crippen molar-refractivity contribution in [1.29, 1.82) is 0 Å². The largest absolute Gasteiger partial charge is 0.355 e. The van der Waals surface area contributed by atoms with Crippen LogP contribution in [0.3, 0.4) is 0 Å². The summed E-state index contributed by atoms with van der Waals surface area (Å²) in [5.41, 5.74) is 17.5. The van der Waals surface area contributed by atoms with E-state index in [-0.39, 0.29) is 10.8 Å². The van der Waals surface area contributed by atoms with Crippen LogP contribution in [0.2, 0.25) is 0 Å². The number of aromatic amines is 1. The summed E-state index contributed by atoms with van der Waals surface area (Å²) >= 11 is 3.31. The SMILES string of the molecule is Brc1ccccc1.CC1(C)c2ccccc2-c2cc3c(cc21)[nH]c1ccccc13.CC1(C)c2ccccc2-c2cc3c4ccccc4n(-c4ccccc4)c3cc21. The van der Waals surface area contributed by atoms with Gasteiger partial charge in [-0.15, -0.1) is 0 Å². The molecule has 0 bridgehead atoms. The second-order valence-corrected chi connectivity index (χ2v) is 17.3. The Morgan fingerprint density at radius 2 is 0.895 bits per heavy atom. The van der Waals surface area contributed by atoms with Crippen molar-refractivity contribution < 1.29 is 0 Å². The van der Waals surface area contributed by atoms with Crippen molar-refractivity contribution in [3.8, 4) is 27.9 Å². The smallest absolute Gasteiger partial charge is 0.0544 e. The topological polar surface area (TPSA) is 20.7 Å². The van der Waals surface area contributed by atoms with Gasteiger partial charge in [-0.05, 0) is 105 Å². The van der Waals surface area contributed by atoms with Crippen LogP contribution in [0.5, 0.6) is 0 Å². The number of H-pyrrole nitrogens is 1. The maximum atomic E-state index is 3.57. The van der Waals surface area contributed by atoms with Gasteiger partial charge in [-0.1, -0.05) is 165 Å². The van der Waals surface area contributed by atoms with Gasteiger partial charge < -0.3 is 9.55 Å². The van der Waals surface area contributed by atoms with Crippen LogP contribution in [0.4, 0.5) is 0 Å². The molecule has 0 saturated carbocycles. The molecule has 57 heavy (non-hydrogen) atoms. The van der Waals surface area contributed by atoms with E-state index in [1.807, 2.05) is 30.3 Å². The molecule has 0 spiro atoms. The highest BCUT2D eigenvalue weighted by Crippen LogP contribution is 2.52. The number of fused-ring (bicyclic) bond motifs is 12. The van der Waals surface area contributed by atoms with Crippen LogP contribution in [-0.2, 0) is 10.8 Å². The van der Waals surface area contributed by atoms with Crippen LogP contribution in [0, 0.1) is 0 Å². The monoisotopic (exact) mass is 798 g/mol. The van der Waals surface area contributed by atoms with Crippen molar-refractivity contribution in [2.45, 2.75) is 38.5 Å².